The molecule has 11 aromatic carbocycles. The number of amides is 1. The van der Waals surface area contributed by atoms with Crippen LogP contribution in [0.1, 0.15) is 188 Å². The number of hydrogen-bond donors (Lipinski definition) is 8. The van der Waals surface area contributed by atoms with Crippen molar-refractivity contribution in [3.63, 3.8) is 0 Å². The highest BCUT2D eigenvalue weighted by Gasteiger charge is 2.27. The average Bonchev–Trinajstić information content (AvgIpc) is 1.64. The highest BCUT2D eigenvalue weighted by molar-refractivity contribution is 9.09. The van der Waals surface area contributed by atoms with Gasteiger partial charge in [-0.2, -0.15) is 30.6 Å². The maximum absolute atomic E-state index is 13.0. The standard InChI is InChI=1S/C24H24N4O2.2C17H16N2O2.C16H14N2O2.C9H8N2O2.C8H9Br.C8H6N2O2.C8H12N2O/c1-15-13-16(2)26-23(29)20(15)14-25-24(30)22-19-11-7-8-12-21(19)28(27-22)17(3)18-9-5-4-6-10-18;1-12(13-8-4-3-5-9-13)19-15-11-7-6-10-14(15)16(18-19)17(20)21-2;1-12(13-8-4-3-5-9-13)19-16(17(20)21-2)14-10-6-7-11-15(14)18-19;1-11(12-7-3-2-4-8-12)18-14-10-6-5-9-13(14)15(17-18)16(19)20;1-13-9(12)8-6-4-2-3-5-7(6)10-11-8;1-7(9)8-5-3-2-4-6-8;11-8(12)7-5-3-1-2-4-6(5)9-10-7;1-5-3-6(2)10-8(11)7(5)4-9/h4-13,17H,14H2,1-3H3,(H,25,30)(H,26,29);2*3-12H,1-2H3;2-11H,1H3,(H,19,20);2-5H,1H3,(H,10,11);2-7H,1H3;1-4H,(H,9,10)(H,11,12);3H,4,9H2,1-2H3,(H,10,11). The summed E-state index contributed by atoms with van der Waals surface area (Å²) in [7, 11) is 4.10. The number of ether oxygens (including phenoxy) is 3. The Bertz CT molecular complexity index is 7490. The molecule has 5 atom stereocenters. The predicted molar refractivity (Wildman–Crippen MR) is 536 cm³/mol. The van der Waals surface area contributed by atoms with Crippen LogP contribution in [0.2, 0.25) is 0 Å². The number of fused-ring (bicyclic) bond motifs is 6. The molecule has 8 heterocycles. The van der Waals surface area contributed by atoms with E-state index in [-0.39, 0.29) is 65.1 Å². The van der Waals surface area contributed by atoms with Crippen molar-refractivity contribution < 1.29 is 53.2 Å². The Morgan fingerprint density at radius 2 is 0.693 bits per heavy atom. The second-order valence-electron chi connectivity index (χ2n) is 31.7. The predicted octanol–water partition coefficient (Wildman–Crippen LogP) is 20.3. The van der Waals surface area contributed by atoms with E-state index >= 15 is 0 Å². The quantitative estimate of drug-likeness (QED) is 0.0225. The van der Waals surface area contributed by atoms with Crippen LogP contribution in [0.4, 0.5) is 0 Å². The summed E-state index contributed by atoms with van der Waals surface area (Å²) in [6.07, 6.45) is 0. The third-order valence-corrected chi connectivity index (χ3v) is 23.1. The van der Waals surface area contributed by atoms with Crippen LogP contribution in [0, 0.1) is 27.7 Å². The number of carbonyl (C=O) groups is 6. The first-order valence-corrected chi connectivity index (χ1v) is 44.8. The maximum atomic E-state index is 13.0. The van der Waals surface area contributed by atoms with Gasteiger partial charge in [-0.3, -0.25) is 38.6 Å². The van der Waals surface area contributed by atoms with Crippen LogP contribution in [0.25, 0.3) is 65.4 Å². The summed E-state index contributed by atoms with van der Waals surface area (Å²) in [5, 5.41) is 56.3. The van der Waals surface area contributed by atoms with Crippen molar-refractivity contribution in [3.05, 3.63) is 426 Å². The van der Waals surface area contributed by atoms with Crippen LogP contribution in [-0.2, 0) is 27.3 Å². The highest BCUT2D eigenvalue weighted by Crippen LogP contribution is 2.32. The molecule has 698 valence electrons. The number of nitrogens with two attached hydrogens (primary N) is 1. The van der Waals surface area contributed by atoms with Gasteiger partial charge in [-0.15, -0.1) is 0 Å². The first-order chi connectivity index (χ1) is 66.1. The maximum Gasteiger partial charge on any atom is 0.359 e. The lowest BCUT2D eigenvalue weighted by molar-refractivity contribution is 0.0580. The van der Waals surface area contributed by atoms with Crippen LogP contribution in [0.3, 0.4) is 0 Å². The number of aromatic amines is 4. The summed E-state index contributed by atoms with van der Waals surface area (Å²) in [6, 6.07) is 99.1. The molecule has 0 aliphatic heterocycles. The molecule has 29 nitrogen and oxygen atoms in total. The minimum Gasteiger partial charge on any atom is -0.476 e. The van der Waals surface area contributed by atoms with Crippen molar-refractivity contribution in [2.75, 3.05) is 21.3 Å². The molecule has 0 saturated carbocycles. The first-order valence-electron chi connectivity index (χ1n) is 43.9. The zero-order chi connectivity index (χ0) is 97.9. The Morgan fingerprint density at radius 1 is 0.372 bits per heavy atom. The van der Waals surface area contributed by atoms with Gasteiger partial charge in [-0.05, 0) is 150 Å². The summed E-state index contributed by atoms with van der Waals surface area (Å²) in [5.41, 5.74) is 22.4. The summed E-state index contributed by atoms with van der Waals surface area (Å²) < 4.78 is 21.6. The molecule has 30 heteroatoms. The Labute approximate surface area is 797 Å². The lowest BCUT2D eigenvalue weighted by atomic mass is 10.1. The molecule has 137 heavy (non-hydrogen) atoms. The molecule has 5 unspecified atom stereocenters. The Hall–Kier alpha value is -16.6. The van der Waals surface area contributed by atoms with Crippen molar-refractivity contribution >= 4 is 117 Å². The number of carboxylic acid groups (broad SMARTS) is 2. The average molecular weight is 1900 g/mol. The smallest absolute Gasteiger partial charge is 0.359 e. The summed E-state index contributed by atoms with van der Waals surface area (Å²) in [5.74, 6) is -3.51. The van der Waals surface area contributed by atoms with Gasteiger partial charge in [0.1, 0.15) is 0 Å². The Kier molecular flexibility index (Phi) is 34.2. The SMILES string of the molecule is CC(Br)c1ccccc1.CC(c1ccccc1)n1nc(C(=O)O)c2ccccc21.COC(=O)c1c2ccccc2nn1C(C)c1ccccc1.COC(=O)c1n[nH]c2ccccc12.COC(=O)c1nn(C(C)c2ccccc2)c2ccccc12.Cc1cc(C)c(CN)c(=O)[nH]1.Cc1cc(C)c(CNC(=O)c2nn(C(C)c3ccccc3)c3ccccc23)c(=O)[nH]1.O=C(O)c1n[nH]c2ccccc12. The molecule has 9 N–H and O–H groups in total. The summed E-state index contributed by atoms with van der Waals surface area (Å²) >= 11 is 3.48. The van der Waals surface area contributed by atoms with E-state index in [1.165, 1.54) is 26.9 Å². The van der Waals surface area contributed by atoms with Crippen molar-refractivity contribution in [1.29, 1.82) is 0 Å². The molecule has 0 spiro atoms. The second kappa shape index (κ2) is 47.2. The lowest BCUT2D eigenvalue weighted by Gasteiger charge is -2.15. The molecular weight excluding hydrogens is 1800 g/mol. The van der Waals surface area contributed by atoms with Crippen molar-refractivity contribution in [1.82, 2.24) is 74.8 Å². The monoisotopic (exact) mass is 1900 g/mol. The minimum absolute atomic E-state index is 0.0193. The van der Waals surface area contributed by atoms with E-state index in [2.05, 4.69) is 122 Å². The third-order valence-electron chi connectivity index (χ3n) is 22.6. The van der Waals surface area contributed by atoms with E-state index < -0.39 is 23.9 Å². The fourth-order valence-corrected chi connectivity index (χ4v) is 15.7. The molecule has 0 aliphatic rings. The number of methoxy groups -OCH3 is 3. The number of halogens is 1. The molecule has 19 aromatic rings. The van der Waals surface area contributed by atoms with E-state index in [9.17, 15) is 43.5 Å². The molecule has 0 saturated heterocycles. The zero-order valence-corrected chi connectivity index (χ0v) is 79.1. The number of alkyl halides is 1. The fraction of sp³-hybridized carbons (Fsp3) is 0.178. The van der Waals surface area contributed by atoms with Crippen LogP contribution in [0.15, 0.2) is 319 Å². The van der Waals surface area contributed by atoms with Gasteiger partial charge in [0.15, 0.2) is 34.2 Å². The molecule has 8 aromatic heterocycles. The molecule has 19 rings (SSSR count). The van der Waals surface area contributed by atoms with Crippen molar-refractivity contribution in [2.45, 2.75) is 104 Å². The molecule has 1 amide bonds. The number of aryl methyl sites for hydroxylation is 4. The highest BCUT2D eigenvalue weighted by atomic mass is 79.9. The molecule has 0 radical (unpaired) electrons. The summed E-state index contributed by atoms with van der Waals surface area (Å²) in [4.78, 5) is 99.5. The largest absolute Gasteiger partial charge is 0.476 e. The summed E-state index contributed by atoms with van der Waals surface area (Å²) in [6.45, 7) is 18.2. The van der Waals surface area contributed by atoms with Gasteiger partial charge >= 0.3 is 29.8 Å². The van der Waals surface area contributed by atoms with Crippen LogP contribution >= 0.6 is 15.9 Å². The van der Waals surface area contributed by atoms with Crippen molar-refractivity contribution in [3.8, 4) is 0 Å². The Morgan fingerprint density at radius 3 is 1.09 bits per heavy atom. The van der Waals surface area contributed by atoms with Gasteiger partial charge in [-0.1, -0.05) is 277 Å². The number of esters is 3. The van der Waals surface area contributed by atoms with E-state index in [1.54, 1.807) is 33.6 Å². The van der Waals surface area contributed by atoms with Gasteiger partial charge in [0, 0.05) is 72.7 Å². The van der Waals surface area contributed by atoms with Gasteiger partial charge in [0.25, 0.3) is 17.0 Å². The first kappa shape index (κ1) is 99.4. The number of aromatic carboxylic acids is 2. The van der Waals surface area contributed by atoms with Crippen LogP contribution in [-0.4, -0.2) is 137 Å². The lowest BCUT2D eigenvalue weighted by Crippen LogP contribution is -2.28. The number of aromatic nitrogens is 14. The minimum atomic E-state index is -1.01. The number of carboxylic acids is 2. The van der Waals surface area contributed by atoms with E-state index in [4.69, 9.17) is 20.3 Å². The molecule has 0 aliphatic carbocycles. The number of pyridine rings is 2. The fourth-order valence-electron chi connectivity index (χ4n) is 15.4. The number of hydrogen-bond acceptors (Lipinski definition) is 18. The van der Waals surface area contributed by atoms with Gasteiger partial charge in [0.2, 0.25) is 0 Å². The zero-order valence-electron chi connectivity index (χ0n) is 77.6. The van der Waals surface area contributed by atoms with E-state index in [0.717, 1.165) is 99.4 Å². The number of para-hydroxylation sites is 5. The van der Waals surface area contributed by atoms with Gasteiger partial charge in [0.05, 0.1) is 78.6 Å². The van der Waals surface area contributed by atoms with Crippen LogP contribution in [0.5, 0.6) is 0 Å². The van der Waals surface area contributed by atoms with Gasteiger partial charge < -0.3 is 45.4 Å². The third kappa shape index (κ3) is 24.3. The topological polar surface area (TPSA) is 403 Å². The number of carbonyl (C=O) groups excluding carboxylic acids is 4. The van der Waals surface area contributed by atoms with Gasteiger partial charge in [-0.25, -0.2) is 28.7 Å². The number of benzene rings is 11. The van der Waals surface area contributed by atoms with E-state index in [0.29, 0.717) is 56.0 Å². The molecule has 0 fully saturated rings. The Balaban J connectivity index is 0.000000144. The van der Waals surface area contributed by atoms with E-state index in [1.807, 2.05) is 312 Å². The number of rotatable bonds is 18. The number of nitrogens with zero attached hydrogens (tertiary/aromatic N) is 10. The van der Waals surface area contributed by atoms with Crippen LogP contribution < -0.4 is 22.2 Å². The normalized spacial score (nSPS) is 11.8. The number of H-pyrrole nitrogens is 4. The number of nitrogens with one attached hydrogen (secondary N) is 5. The van der Waals surface area contributed by atoms with Crippen molar-refractivity contribution in [2.24, 2.45) is 5.73 Å². The second-order valence-corrected chi connectivity index (χ2v) is 33.1. The molecular formula is C107H105BrN16O13. The molecule has 0 bridgehead atoms.